The fourth-order valence-electron chi connectivity index (χ4n) is 25.9. The van der Waals surface area contributed by atoms with E-state index in [2.05, 4.69) is 434 Å². The summed E-state index contributed by atoms with van der Waals surface area (Å²) >= 11 is 1.85. The second-order valence-corrected chi connectivity index (χ2v) is 40.7. The fourth-order valence-corrected chi connectivity index (χ4v) is 26.9. The van der Waals surface area contributed by atoms with E-state index in [1.807, 2.05) is 23.5 Å². The van der Waals surface area contributed by atoms with E-state index < -0.39 is 0 Å². The highest BCUT2D eigenvalue weighted by Gasteiger charge is 2.53. The van der Waals surface area contributed by atoms with Gasteiger partial charge in [0.05, 0.1) is 0 Å². The molecule has 5 nitrogen and oxygen atoms in total. The Hall–Kier alpha value is -14.0. The highest BCUT2D eigenvalue weighted by Crippen LogP contribution is 2.63. The van der Waals surface area contributed by atoms with Gasteiger partial charge >= 0.3 is 0 Å². The number of nitrogens with zero attached hydrogens (tertiary/aromatic N) is 4. The predicted molar refractivity (Wildman–Crippen MR) is 551 cm³/mol. The zero-order valence-electron chi connectivity index (χ0n) is 74.3. The number of hydrogen-bond acceptors (Lipinski definition) is 6. The Labute approximate surface area is 773 Å². The maximum Gasteiger partial charge on any atom is 0.135 e. The van der Waals surface area contributed by atoms with Gasteiger partial charge in [0, 0.05) is 105 Å². The van der Waals surface area contributed by atoms with E-state index in [0.29, 0.717) is 10.8 Å². The summed E-state index contributed by atoms with van der Waals surface area (Å²) in [6, 6.07) is 152. The van der Waals surface area contributed by atoms with Gasteiger partial charge in [-0.3, -0.25) is 0 Å². The number of benzene rings is 17. The van der Waals surface area contributed by atoms with Crippen molar-refractivity contribution >= 4 is 122 Å². The molecule has 0 amide bonds. The lowest BCUT2D eigenvalue weighted by Gasteiger charge is -2.57. The molecule has 131 heavy (non-hydrogen) atoms. The maximum atomic E-state index is 6.26. The topological polar surface area (TPSA) is 26.1 Å². The Morgan fingerprint density at radius 2 is 0.534 bits per heavy atom. The summed E-state index contributed by atoms with van der Waals surface area (Å²) in [5.74, 6) is 5.61. The number of hydrogen-bond donors (Lipinski definition) is 0. The highest BCUT2D eigenvalue weighted by atomic mass is 32.1. The van der Waals surface area contributed by atoms with Crippen LogP contribution < -0.4 is 19.6 Å². The van der Waals surface area contributed by atoms with Crippen LogP contribution >= 0.6 is 11.3 Å². The van der Waals surface area contributed by atoms with Crippen molar-refractivity contribution < 1.29 is 4.42 Å². The lowest BCUT2D eigenvalue weighted by molar-refractivity contribution is -0.00530. The molecule has 19 aromatic rings. The van der Waals surface area contributed by atoms with Crippen LogP contribution in [0.3, 0.4) is 0 Å². The molecule has 6 heteroatoms. The van der Waals surface area contributed by atoms with E-state index in [4.69, 9.17) is 4.42 Å². The standard InChI is InChI=1S/C67H58N2.C58H46N2OS/c1-66(2)64-19-10-9-18-62(64)63-37-36-61(42-65(63)66)69(60-34-28-55(29-35-60)67-43-46-38-47(44-67)40-48(39-46)45-67)59-32-26-52(27-33-59)54-13-11-12-53(41-54)51-22-20-49(21-23-51)50-24-30-58(31-25-50)68(56-14-5-3-6-15-56)57-16-7-4-8-17-57;1-2-8-44(9-3-1)59(47-24-18-43(19-25-47)58-35-38-30-39(36-58)32-40(31-38)37-58)45-20-14-41(15-21-45)42-16-22-46(23-17-42)60(48-26-28-55-52(33-48)50-10-4-6-12-54(50)61-55)49-27-29-57-53(34-49)51-11-5-7-13-56(51)62-57/h3-37,41-42,46-48H,38-40,43-45H2,1-2H3;1-29,33-34,38-40H,30-32,35-37H2. The molecule has 636 valence electrons. The first-order valence-electron chi connectivity index (χ1n) is 47.7. The van der Waals surface area contributed by atoms with E-state index in [1.54, 1.807) is 11.1 Å². The molecule has 0 radical (unpaired) electrons. The normalized spacial score (nSPS) is 20.4. The molecule has 8 bridgehead atoms. The first kappa shape index (κ1) is 79.2. The summed E-state index contributed by atoms with van der Waals surface area (Å²) in [5, 5.41) is 4.82. The summed E-state index contributed by atoms with van der Waals surface area (Å²) in [5.41, 5.74) is 34.6. The van der Waals surface area contributed by atoms with Crippen molar-refractivity contribution in [2.24, 2.45) is 35.5 Å². The largest absolute Gasteiger partial charge is 0.456 e. The third kappa shape index (κ3) is 14.3. The van der Waals surface area contributed by atoms with Crippen molar-refractivity contribution in [1.29, 1.82) is 0 Å². The average Bonchev–Trinajstić information content (AvgIpc) is 1.72. The number of thiophene rings is 1. The van der Waals surface area contributed by atoms with Crippen LogP contribution in [0.15, 0.2) is 417 Å². The first-order chi connectivity index (χ1) is 64.5. The van der Waals surface area contributed by atoms with Gasteiger partial charge in [-0.15, -0.1) is 11.3 Å². The second-order valence-electron chi connectivity index (χ2n) is 39.6. The number of para-hydroxylation sites is 4. The fraction of sp³-hybridized carbons (Fsp3) is 0.184. The van der Waals surface area contributed by atoms with Gasteiger partial charge in [-0.2, -0.15) is 0 Å². The minimum absolute atomic E-state index is 0.0787. The van der Waals surface area contributed by atoms with Crippen molar-refractivity contribution in [2.45, 2.75) is 107 Å². The van der Waals surface area contributed by atoms with Crippen LogP contribution in [0, 0.1) is 35.5 Å². The van der Waals surface area contributed by atoms with Gasteiger partial charge in [0.2, 0.25) is 0 Å². The van der Waals surface area contributed by atoms with E-state index >= 15 is 0 Å². The van der Waals surface area contributed by atoms with Crippen LogP contribution in [-0.2, 0) is 16.2 Å². The summed E-state index contributed by atoms with van der Waals surface area (Å²) in [7, 11) is 0. The SMILES string of the molecule is CC1(C)c2ccccc2-c2ccc(N(c3ccc(-c4cccc(-c5ccc(-c6ccc(N(c7ccccc7)c7ccccc7)cc6)cc5)c4)cc3)c3ccc(C45CC6CC(CC(C6)C4)C5)cc3)cc21.c1ccc(N(c2ccc(-c3ccc(N(c4ccc5oc6ccccc6c5c4)c4ccc5sc6ccccc6c5c4)cc3)cc2)c2ccc(C34CC5CC(CC(C5)C3)C4)cc2)cc1. The molecule has 8 saturated carbocycles. The molecule has 0 N–H and O–H groups in total. The molecule has 0 atom stereocenters. The number of anilines is 12. The lowest BCUT2D eigenvalue weighted by atomic mass is 9.48. The molecular weight excluding hydrogens is 1610 g/mol. The molecule has 0 saturated heterocycles. The Bertz CT molecular complexity index is 7240. The molecule has 2 heterocycles. The number of rotatable bonds is 18. The van der Waals surface area contributed by atoms with Crippen LogP contribution in [0.4, 0.5) is 68.2 Å². The molecular formula is C125H104N4OS. The monoisotopic (exact) mass is 1710 g/mol. The molecule has 28 rings (SSSR count). The maximum absolute atomic E-state index is 6.26. The van der Waals surface area contributed by atoms with Crippen LogP contribution in [0.1, 0.15) is 113 Å². The molecule has 9 aliphatic carbocycles. The lowest BCUT2D eigenvalue weighted by Crippen LogP contribution is -2.48. The van der Waals surface area contributed by atoms with Gasteiger partial charge in [-0.25, -0.2) is 0 Å². The van der Waals surface area contributed by atoms with Crippen LogP contribution in [0.5, 0.6) is 0 Å². The van der Waals surface area contributed by atoms with Gasteiger partial charge in [0.25, 0.3) is 0 Å². The Balaban J connectivity index is 0.000000142. The highest BCUT2D eigenvalue weighted by molar-refractivity contribution is 7.25. The van der Waals surface area contributed by atoms with Gasteiger partial charge in [-0.1, -0.05) is 250 Å². The average molecular weight is 1710 g/mol. The zero-order valence-corrected chi connectivity index (χ0v) is 75.1. The quantitative estimate of drug-likeness (QED) is 0.0853. The number of furan rings is 1. The zero-order chi connectivity index (χ0) is 86.9. The van der Waals surface area contributed by atoms with Gasteiger partial charge in [0.15, 0.2) is 0 Å². The minimum Gasteiger partial charge on any atom is -0.456 e. The molecule has 0 unspecified atom stereocenters. The Morgan fingerprint density at radius 1 is 0.221 bits per heavy atom. The third-order valence-corrected chi connectivity index (χ3v) is 32.4. The molecule has 17 aromatic carbocycles. The van der Waals surface area contributed by atoms with Crippen molar-refractivity contribution in [3.05, 3.63) is 435 Å². The summed E-state index contributed by atoms with van der Waals surface area (Å²) in [4.78, 5) is 9.58. The smallest absolute Gasteiger partial charge is 0.135 e. The van der Waals surface area contributed by atoms with E-state index in [0.717, 1.165) is 97.3 Å². The Kier molecular flexibility index (Phi) is 19.5. The summed E-state index contributed by atoms with van der Waals surface area (Å²) in [6.07, 6.45) is 17.2. The molecule has 0 spiro atoms. The summed E-state index contributed by atoms with van der Waals surface area (Å²) in [6.45, 7) is 4.77. The first-order valence-corrected chi connectivity index (χ1v) is 48.5. The van der Waals surface area contributed by atoms with Crippen LogP contribution in [0.25, 0.3) is 97.7 Å². The third-order valence-electron chi connectivity index (χ3n) is 31.2. The van der Waals surface area contributed by atoms with Crippen molar-refractivity contribution in [2.75, 3.05) is 19.6 Å². The Morgan fingerprint density at radius 3 is 1.00 bits per heavy atom. The van der Waals surface area contributed by atoms with Crippen molar-refractivity contribution in [3.8, 4) is 55.6 Å². The number of fused-ring (bicyclic) bond motifs is 9. The molecule has 2 aromatic heterocycles. The van der Waals surface area contributed by atoms with Crippen molar-refractivity contribution in [1.82, 2.24) is 0 Å². The molecule has 9 aliphatic rings. The van der Waals surface area contributed by atoms with Crippen LogP contribution in [-0.4, -0.2) is 0 Å². The van der Waals surface area contributed by atoms with E-state index in [1.165, 1.54) is 192 Å². The van der Waals surface area contributed by atoms with Gasteiger partial charge in [-0.05, 0) is 377 Å². The van der Waals surface area contributed by atoms with Crippen LogP contribution in [0.2, 0.25) is 0 Å². The predicted octanol–water partition coefficient (Wildman–Crippen LogP) is 35.4. The van der Waals surface area contributed by atoms with E-state index in [-0.39, 0.29) is 5.41 Å². The van der Waals surface area contributed by atoms with Gasteiger partial charge in [0.1, 0.15) is 11.2 Å². The van der Waals surface area contributed by atoms with E-state index in [9.17, 15) is 0 Å². The molecule has 8 fully saturated rings. The van der Waals surface area contributed by atoms with Gasteiger partial charge < -0.3 is 24.0 Å². The van der Waals surface area contributed by atoms with Crippen molar-refractivity contribution in [3.63, 3.8) is 0 Å². The second kappa shape index (κ2) is 32.3. The molecule has 0 aliphatic heterocycles. The minimum atomic E-state index is -0.0787. The summed E-state index contributed by atoms with van der Waals surface area (Å²) < 4.78 is 8.86.